The number of carbonyl (C=O) groups is 2. The molecule has 0 saturated carbocycles. The highest BCUT2D eigenvalue weighted by atomic mass is 35.5. The summed E-state index contributed by atoms with van der Waals surface area (Å²) < 4.78 is 59.5. The zero-order valence-corrected chi connectivity index (χ0v) is 17.5. The molecule has 1 aliphatic heterocycles. The zero-order valence-electron chi connectivity index (χ0n) is 16.7. The van der Waals surface area contributed by atoms with Gasteiger partial charge in [-0.3, -0.25) is 9.80 Å². The SMILES string of the molecule is CN(C(=O)Oc1c(N2CCN(CCO)C2=O)cc(Cl)cc1C(F)(F)F)c1ccc(F)cc1. The van der Waals surface area contributed by atoms with E-state index in [0.717, 1.165) is 28.0 Å². The monoisotopic (exact) mass is 475 g/mol. The summed E-state index contributed by atoms with van der Waals surface area (Å²) in [7, 11) is 1.24. The molecular formula is C20H18ClF4N3O4. The number of aliphatic hydroxyl groups excluding tert-OH is 1. The number of aliphatic hydroxyl groups is 1. The van der Waals surface area contributed by atoms with Crippen molar-refractivity contribution in [2.24, 2.45) is 0 Å². The molecule has 0 radical (unpaired) electrons. The predicted octanol–water partition coefficient (Wildman–Crippen LogP) is 4.37. The van der Waals surface area contributed by atoms with Crippen molar-refractivity contribution in [3.05, 3.63) is 52.8 Å². The minimum absolute atomic E-state index is 0.00513. The van der Waals surface area contributed by atoms with E-state index < -0.39 is 35.4 Å². The Kier molecular flexibility index (Phi) is 6.79. The van der Waals surface area contributed by atoms with Crippen LogP contribution in [-0.2, 0) is 6.18 Å². The lowest BCUT2D eigenvalue weighted by molar-refractivity contribution is -0.138. The summed E-state index contributed by atoms with van der Waals surface area (Å²) in [5.74, 6) is -1.45. The molecule has 0 unspecified atom stereocenters. The summed E-state index contributed by atoms with van der Waals surface area (Å²) in [6.07, 6.45) is -6.14. The minimum atomic E-state index is -4.95. The number of ether oxygens (including phenoxy) is 1. The average molecular weight is 476 g/mol. The van der Waals surface area contributed by atoms with Crippen LogP contribution in [0.3, 0.4) is 0 Å². The molecule has 32 heavy (non-hydrogen) atoms. The lowest BCUT2D eigenvalue weighted by Gasteiger charge is -2.25. The Hall–Kier alpha value is -3.05. The van der Waals surface area contributed by atoms with Crippen molar-refractivity contribution in [2.75, 3.05) is 43.1 Å². The molecule has 7 nitrogen and oxygen atoms in total. The fourth-order valence-corrected chi connectivity index (χ4v) is 3.37. The smallest absolute Gasteiger partial charge is 0.407 e. The van der Waals surface area contributed by atoms with E-state index in [0.29, 0.717) is 6.07 Å². The number of hydrogen-bond donors (Lipinski definition) is 1. The molecule has 0 bridgehead atoms. The molecule has 1 fully saturated rings. The molecule has 1 aliphatic rings. The number of amides is 3. The largest absolute Gasteiger partial charge is 0.420 e. The number of hydrogen-bond acceptors (Lipinski definition) is 4. The maximum atomic E-state index is 13.8. The standard InChI is InChI=1S/C20H18ClF4N3O4/c1-26(14-4-2-13(22)3-5-14)19(31)32-17-15(20(23,24)25)10-12(21)11-16(17)28-7-6-27(8-9-29)18(28)30/h2-5,10-11,29H,6-9H2,1H3. The first-order valence-corrected chi connectivity index (χ1v) is 9.70. The van der Waals surface area contributed by atoms with Gasteiger partial charge in [-0.2, -0.15) is 13.2 Å². The van der Waals surface area contributed by atoms with E-state index in [2.05, 4.69) is 0 Å². The van der Waals surface area contributed by atoms with Gasteiger partial charge >= 0.3 is 18.3 Å². The van der Waals surface area contributed by atoms with E-state index in [1.165, 1.54) is 24.1 Å². The van der Waals surface area contributed by atoms with Crippen LogP contribution >= 0.6 is 11.6 Å². The van der Waals surface area contributed by atoms with Crippen LogP contribution in [0.25, 0.3) is 0 Å². The van der Waals surface area contributed by atoms with Gasteiger partial charge in [-0.05, 0) is 36.4 Å². The second-order valence-electron chi connectivity index (χ2n) is 6.85. The van der Waals surface area contributed by atoms with E-state index in [1.54, 1.807) is 0 Å². The van der Waals surface area contributed by atoms with Crippen molar-refractivity contribution in [3.63, 3.8) is 0 Å². The summed E-state index contributed by atoms with van der Waals surface area (Å²) in [6, 6.07) is 5.68. The number of alkyl halides is 3. The Balaban J connectivity index is 2.02. The molecule has 0 aliphatic carbocycles. The molecule has 1 heterocycles. The zero-order chi connectivity index (χ0) is 23.6. The molecule has 1 saturated heterocycles. The summed E-state index contributed by atoms with van der Waals surface area (Å²) >= 11 is 5.88. The maximum absolute atomic E-state index is 13.8. The van der Waals surface area contributed by atoms with Crippen molar-refractivity contribution >= 4 is 35.1 Å². The molecule has 2 aromatic carbocycles. The number of carbonyl (C=O) groups excluding carboxylic acids is 2. The topological polar surface area (TPSA) is 73.3 Å². The van der Waals surface area contributed by atoms with Gasteiger partial charge < -0.3 is 14.7 Å². The van der Waals surface area contributed by atoms with E-state index in [4.69, 9.17) is 21.4 Å². The summed E-state index contributed by atoms with van der Waals surface area (Å²) in [5.41, 5.74) is -1.50. The number of benzene rings is 2. The van der Waals surface area contributed by atoms with Gasteiger partial charge in [0.05, 0.1) is 12.3 Å². The van der Waals surface area contributed by atoms with Crippen LogP contribution in [0.2, 0.25) is 5.02 Å². The van der Waals surface area contributed by atoms with Crippen molar-refractivity contribution < 1.29 is 37.0 Å². The summed E-state index contributed by atoms with van der Waals surface area (Å²) in [5, 5.41) is 8.76. The van der Waals surface area contributed by atoms with Crippen LogP contribution in [0.4, 0.5) is 38.5 Å². The Labute approximate surface area is 185 Å². The van der Waals surface area contributed by atoms with Gasteiger partial charge in [-0.25, -0.2) is 14.0 Å². The third-order valence-electron chi connectivity index (χ3n) is 4.77. The molecule has 1 N–H and O–H groups in total. The fraction of sp³-hybridized carbons (Fsp3) is 0.300. The lowest BCUT2D eigenvalue weighted by Crippen LogP contribution is -2.35. The van der Waals surface area contributed by atoms with Crippen LogP contribution in [0.1, 0.15) is 5.56 Å². The highest BCUT2D eigenvalue weighted by Crippen LogP contribution is 2.45. The van der Waals surface area contributed by atoms with Gasteiger partial charge in [-0.15, -0.1) is 0 Å². The van der Waals surface area contributed by atoms with E-state index in [1.807, 2.05) is 0 Å². The molecule has 0 atom stereocenters. The molecule has 12 heteroatoms. The lowest BCUT2D eigenvalue weighted by atomic mass is 10.1. The first-order chi connectivity index (χ1) is 15.0. The number of rotatable bonds is 5. The first-order valence-electron chi connectivity index (χ1n) is 9.32. The number of urea groups is 1. The first kappa shape index (κ1) is 23.6. The molecule has 2 aromatic rings. The second-order valence-corrected chi connectivity index (χ2v) is 7.28. The maximum Gasteiger partial charge on any atom is 0.420 e. The van der Waals surface area contributed by atoms with Crippen LogP contribution in [0.5, 0.6) is 5.75 Å². The molecule has 3 rings (SSSR count). The average Bonchev–Trinajstić information content (AvgIpc) is 3.08. The Morgan fingerprint density at radius 3 is 2.47 bits per heavy atom. The number of anilines is 2. The predicted molar refractivity (Wildman–Crippen MR) is 109 cm³/mol. The molecule has 3 amide bonds. The highest BCUT2D eigenvalue weighted by Gasteiger charge is 2.40. The third kappa shape index (κ3) is 4.89. The number of β-amino-alcohol motifs (C(OH)–C–C–N with tert-alkyl or cyclic N) is 1. The van der Waals surface area contributed by atoms with Crippen molar-refractivity contribution in [1.82, 2.24) is 4.90 Å². The molecular weight excluding hydrogens is 458 g/mol. The van der Waals surface area contributed by atoms with Gasteiger partial charge in [0, 0.05) is 37.4 Å². The van der Waals surface area contributed by atoms with E-state index >= 15 is 0 Å². The number of halogens is 5. The van der Waals surface area contributed by atoms with Gasteiger partial charge in [-0.1, -0.05) is 11.6 Å². The van der Waals surface area contributed by atoms with Crippen LogP contribution in [-0.4, -0.2) is 55.4 Å². The Morgan fingerprint density at radius 2 is 1.88 bits per heavy atom. The van der Waals surface area contributed by atoms with Crippen molar-refractivity contribution in [3.8, 4) is 5.75 Å². The van der Waals surface area contributed by atoms with E-state index in [-0.39, 0.29) is 42.6 Å². The summed E-state index contributed by atoms with van der Waals surface area (Å²) in [4.78, 5) is 28.4. The Morgan fingerprint density at radius 1 is 1.22 bits per heavy atom. The molecule has 0 aromatic heterocycles. The number of nitrogens with zero attached hydrogens (tertiary/aromatic N) is 3. The van der Waals surface area contributed by atoms with Crippen LogP contribution < -0.4 is 14.5 Å². The highest BCUT2D eigenvalue weighted by molar-refractivity contribution is 6.31. The second kappa shape index (κ2) is 9.21. The molecule has 172 valence electrons. The van der Waals surface area contributed by atoms with Crippen molar-refractivity contribution in [1.29, 1.82) is 0 Å². The Bertz CT molecular complexity index is 1020. The summed E-state index contributed by atoms with van der Waals surface area (Å²) in [6.45, 7) is -0.192. The van der Waals surface area contributed by atoms with Gasteiger partial charge in [0.2, 0.25) is 0 Å². The fourth-order valence-electron chi connectivity index (χ4n) is 3.16. The quantitative estimate of drug-likeness (QED) is 0.652. The molecule has 0 spiro atoms. The van der Waals surface area contributed by atoms with Crippen LogP contribution in [0, 0.1) is 5.82 Å². The van der Waals surface area contributed by atoms with Crippen molar-refractivity contribution in [2.45, 2.75) is 6.18 Å². The third-order valence-corrected chi connectivity index (χ3v) is 4.99. The van der Waals surface area contributed by atoms with E-state index in [9.17, 15) is 27.2 Å². The van der Waals surface area contributed by atoms with Gasteiger partial charge in [0.25, 0.3) is 0 Å². The normalized spacial score (nSPS) is 14.2. The van der Waals surface area contributed by atoms with Crippen LogP contribution in [0.15, 0.2) is 36.4 Å². The van der Waals surface area contributed by atoms with Gasteiger partial charge in [0.1, 0.15) is 11.4 Å². The van der Waals surface area contributed by atoms with Gasteiger partial charge in [0.15, 0.2) is 5.75 Å². The minimum Gasteiger partial charge on any atom is -0.407 e.